The Labute approximate surface area is 183 Å². The molecule has 0 saturated carbocycles. The van der Waals surface area contributed by atoms with Crippen LogP contribution in [0.5, 0.6) is 0 Å². The van der Waals surface area contributed by atoms with Crippen LogP contribution in [0.1, 0.15) is 5.56 Å². The van der Waals surface area contributed by atoms with E-state index in [0.29, 0.717) is 0 Å². The highest BCUT2D eigenvalue weighted by Gasteiger charge is 2.09. The van der Waals surface area contributed by atoms with Crippen LogP contribution in [0, 0.1) is 6.92 Å². The summed E-state index contributed by atoms with van der Waals surface area (Å²) in [6, 6.07) is 42.6. The summed E-state index contributed by atoms with van der Waals surface area (Å²) < 4.78 is 0. The minimum atomic E-state index is 0.983. The molecule has 4 aromatic carbocycles. The molecule has 0 unspecified atom stereocenters. The zero-order valence-electron chi connectivity index (χ0n) is 17.5. The van der Waals surface area contributed by atoms with Crippen molar-refractivity contribution in [3.05, 3.63) is 127 Å². The maximum absolute atomic E-state index is 5.02. The van der Waals surface area contributed by atoms with Crippen LogP contribution in [0.25, 0.3) is 44.8 Å². The van der Waals surface area contributed by atoms with Crippen molar-refractivity contribution in [2.75, 3.05) is 0 Å². The van der Waals surface area contributed by atoms with E-state index in [-0.39, 0.29) is 0 Å². The van der Waals surface area contributed by atoms with Gasteiger partial charge in [-0.15, -0.1) is 0 Å². The van der Waals surface area contributed by atoms with E-state index in [4.69, 9.17) is 4.98 Å². The number of aromatic nitrogens is 1. The van der Waals surface area contributed by atoms with Crippen LogP contribution in [0.2, 0.25) is 0 Å². The highest BCUT2D eigenvalue weighted by molar-refractivity contribution is 5.77. The number of nitrogens with zero attached hydrogens (tertiary/aromatic N) is 1. The fourth-order valence-electron chi connectivity index (χ4n) is 3.81. The summed E-state index contributed by atoms with van der Waals surface area (Å²) in [6.07, 6.45) is 0. The fourth-order valence-corrected chi connectivity index (χ4v) is 3.81. The van der Waals surface area contributed by atoms with Gasteiger partial charge in [0.05, 0.1) is 11.4 Å². The third-order valence-corrected chi connectivity index (χ3v) is 5.57. The van der Waals surface area contributed by atoms with Crippen LogP contribution in [0.3, 0.4) is 0 Å². The quantitative estimate of drug-likeness (QED) is 0.299. The predicted octanol–water partition coefficient (Wildman–Crippen LogP) is 8.06. The maximum atomic E-state index is 5.02. The number of benzene rings is 4. The molecule has 5 aromatic rings. The smallest absolute Gasteiger partial charge is 0.0715 e. The summed E-state index contributed by atoms with van der Waals surface area (Å²) in [6.45, 7) is 2.12. The van der Waals surface area contributed by atoms with E-state index in [1.54, 1.807) is 0 Å². The van der Waals surface area contributed by atoms with Crippen molar-refractivity contribution in [1.82, 2.24) is 4.98 Å². The van der Waals surface area contributed by atoms with Gasteiger partial charge in [0.25, 0.3) is 0 Å². The SMILES string of the molecule is Cc1ccc(-c2cc(-c3ccccc3)nc(-c3ccc(-c4ccccc4)cc3)c2)cc1. The fraction of sp³-hybridized carbons (Fsp3) is 0.0333. The molecular formula is C30H23N. The van der Waals surface area contributed by atoms with Gasteiger partial charge >= 0.3 is 0 Å². The molecule has 0 atom stereocenters. The molecular weight excluding hydrogens is 374 g/mol. The average Bonchev–Trinajstić information content (AvgIpc) is 2.85. The molecule has 0 bridgehead atoms. The number of hydrogen-bond acceptors (Lipinski definition) is 1. The molecule has 0 saturated heterocycles. The first-order valence-electron chi connectivity index (χ1n) is 10.6. The minimum Gasteiger partial charge on any atom is -0.248 e. The van der Waals surface area contributed by atoms with E-state index in [1.165, 1.54) is 27.8 Å². The summed E-state index contributed by atoms with van der Waals surface area (Å²) in [5.74, 6) is 0. The van der Waals surface area contributed by atoms with Crippen LogP contribution in [0.4, 0.5) is 0 Å². The molecule has 148 valence electrons. The van der Waals surface area contributed by atoms with Gasteiger partial charge in [-0.3, -0.25) is 0 Å². The van der Waals surface area contributed by atoms with Crippen molar-refractivity contribution in [2.45, 2.75) is 6.92 Å². The molecule has 0 aliphatic rings. The molecule has 0 N–H and O–H groups in total. The molecule has 0 spiro atoms. The molecule has 1 heterocycles. The van der Waals surface area contributed by atoms with E-state index >= 15 is 0 Å². The summed E-state index contributed by atoms with van der Waals surface area (Å²) in [5.41, 5.74) is 10.3. The number of aryl methyl sites for hydroxylation is 1. The van der Waals surface area contributed by atoms with Crippen LogP contribution in [-0.2, 0) is 0 Å². The Morgan fingerprint density at radius 2 is 0.774 bits per heavy atom. The summed E-state index contributed by atoms with van der Waals surface area (Å²) in [7, 11) is 0. The Morgan fingerprint density at radius 1 is 0.387 bits per heavy atom. The molecule has 31 heavy (non-hydrogen) atoms. The summed E-state index contributed by atoms with van der Waals surface area (Å²) >= 11 is 0. The highest BCUT2D eigenvalue weighted by atomic mass is 14.7. The minimum absolute atomic E-state index is 0.983. The lowest BCUT2D eigenvalue weighted by Crippen LogP contribution is -1.91. The van der Waals surface area contributed by atoms with E-state index in [9.17, 15) is 0 Å². The topological polar surface area (TPSA) is 12.9 Å². The van der Waals surface area contributed by atoms with E-state index in [2.05, 4.69) is 116 Å². The monoisotopic (exact) mass is 397 g/mol. The Hall–Kier alpha value is -3.97. The zero-order valence-corrected chi connectivity index (χ0v) is 17.5. The van der Waals surface area contributed by atoms with Crippen LogP contribution < -0.4 is 0 Å². The first-order valence-corrected chi connectivity index (χ1v) is 10.6. The molecule has 1 heteroatoms. The van der Waals surface area contributed by atoms with Gasteiger partial charge in [0.15, 0.2) is 0 Å². The van der Waals surface area contributed by atoms with Gasteiger partial charge in [-0.25, -0.2) is 4.98 Å². The first-order chi connectivity index (χ1) is 15.3. The molecule has 1 nitrogen and oxygen atoms in total. The van der Waals surface area contributed by atoms with Crippen molar-refractivity contribution in [1.29, 1.82) is 0 Å². The Bertz CT molecular complexity index is 1290. The van der Waals surface area contributed by atoms with Gasteiger partial charge < -0.3 is 0 Å². The van der Waals surface area contributed by atoms with Gasteiger partial charge in [0.1, 0.15) is 0 Å². The Balaban J connectivity index is 1.60. The molecule has 0 fully saturated rings. The second kappa shape index (κ2) is 8.41. The first kappa shape index (κ1) is 19.0. The second-order valence-corrected chi connectivity index (χ2v) is 7.80. The number of hydrogen-bond donors (Lipinski definition) is 0. The number of rotatable bonds is 4. The average molecular weight is 398 g/mol. The molecule has 1 aromatic heterocycles. The van der Waals surface area contributed by atoms with Crippen molar-refractivity contribution >= 4 is 0 Å². The zero-order chi connectivity index (χ0) is 21.0. The normalized spacial score (nSPS) is 10.7. The molecule has 0 aliphatic heterocycles. The van der Waals surface area contributed by atoms with Gasteiger partial charge in [-0.1, -0.05) is 115 Å². The molecule has 5 rings (SSSR count). The Morgan fingerprint density at radius 3 is 1.35 bits per heavy atom. The van der Waals surface area contributed by atoms with Gasteiger partial charge in [0, 0.05) is 11.1 Å². The van der Waals surface area contributed by atoms with Gasteiger partial charge in [-0.05, 0) is 41.3 Å². The molecule has 0 amide bonds. The van der Waals surface area contributed by atoms with Crippen molar-refractivity contribution in [2.24, 2.45) is 0 Å². The summed E-state index contributed by atoms with van der Waals surface area (Å²) in [5, 5.41) is 0. The van der Waals surface area contributed by atoms with Crippen molar-refractivity contribution in [3.63, 3.8) is 0 Å². The standard InChI is InChI=1S/C30H23N/c1-22-12-14-25(15-13-22)28-20-29(26-10-6-3-7-11-26)31-30(21-28)27-18-16-24(17-19-27)23-8-4-2-5-9-23/h2-21H,1H3. The third-order valence-electron chi connectivity index (χ3n) is 5.57. The van der Waals surface area contributed by atoms with Crippen LogP contribution >= 0.6 is 0 Å². The van der Waals surface area contributed by atoms with Crippen LogP contribution in [-0.4, -0.2) is 4.98 Å². The van der Waals surface area contributed by atoms with E-state index < -0.39 is 0 Å². The number of pyridine rings is 1. The maximum Gasteiger partial charge on any atom is 0.0715 e. The van der Waals surface area contributed by atoms with Crippen molar-refractivity contribution in [3.8, 4) is 44.8 Å². The lowest BCUT2D eigenvalue weighted by Gasteiger charge is -2.11. The van der Waals surface area contributed by atoms with E-state index in [0.717, 1.165) is 22.5 Å². The Kier molecular flexibility index (Phi) is 5.16. The summed E-state index contributed by atoms with van der Waals surface area (Å²) in [4.78, 5) is 5.02. The third kappa shape index (κ3) is 4.17. The lowest BCUT2D eigenvalue weighted by molar-refractivity contribution is 1.32. The molecule has 0 aliphatic carbocycles. The van der Waals surface area contributed by atoms with Crippen molar-refractivity contribution < 1.29 is 0 Å². The largest absolute Gasteiger partial charge is 0.248 e. The molecule has 0 radical (unpaired) electrons. The van der Waals surface area contributed by atoms with Crippen LogP contribution in [0.15, 0.2) is 121 Å². The predicted molar refractivity (Wildman–Crippen MR) is 131 cm³/mol. The van der Waals surface area contributed by atoms with Gasteiger partial charge in [-0.2, -0.15) is 0 Å². The van der Waals surface area contributed by atoms with E-state index in [1.807, 2.05) is 12.1 Å². The highest BCUT2D eigenvalue weighted by Crippen LogP contribution is 2.31. The van der Waals surface area contributed by atoms with Gasteiger partial charge in [0.2, 0.25) is 0 Å². The lowest BCUT2D eigenvalue weighted by atomic mass is 9.98. The second-order valence-electron chi connectivity index (χ2n) is 7.80.